The highest BCUT2D eigenvalue weighted by Crippen LogP contribution is 2.30. The minimum Gasteiger partial charge on any atom is -0.399 e. The van der Waals surface area contributed by atoms with E-state index in [4.69, 9.17) is 11.5 Å². The fraction of sp³-hybridized carbons (Fsp3) is 0.417. The van der Waals surface area contributed by atoms with E-state index in [1.807, 2.05) is 0 Å². The third-order valence-electron chi connectivity index (χ3n) is 3.47. The number of nitrogen functional groups attached to an aromatic ring is 1. The smallest absolute Gasteiger partial charge is 0.244 e. The van der Waals surface area contributed by atoms with E-state index in [0.29, 0.717) is 0 Å². The molecule has 1 heterocycles. The second-order valence-corrected chi connectivity index (χ2v) is 6.87. The zero-order valence-electron chi connectivity index (χ0n) is 11.3. The number of nitrogens with two attached hydrogens (primary N) is 2. The Morgan fingerprint density at radius 3 is 2.67 bits per heavy atom. The van der Waals surface area contributed by atoms with E-state index < -0.39 is 33.9 Å². The second kappa shape index (κ2) is 5.24. The summed E-state index contributed by atoms with van der Waals surface area (Å²) in [4.78, 5) is 11.0. The highest BCUT2D eigenvalue weighted by molar-refractivity contribution is 7.89. The fourth-order valence-electron chi connectivity index (χ4n) is 2.38. The Bertz CT molecular complexity index is 692. The normalized spacial score (nSPS) is 23.4. The standard InChI is InChI=1S/C12H16FN3O4S/c1-6-9(13)2-7(14)3-11(6)21(19,20)16-5-8(17)4-10(16)12(15)18/h2-3,8,10,17H,4-5,14H2,1H3,(H2,15,18). The Labute approximate surface area is 121 Å². The molecule has 0 saturated carbocycles. The van der Waals surface area contributed by atoms with Gasteiger partial charge in [-0.2, -0.15) is 4.31 Å². The van der Waals surface area contributed by atoms with Gasteiger partial charge in [-0.1, -0.05) is 0 Å². The molecule has 7 nitrogen and oxygen atoms in total. The number of carbonyl (C=O) groups is 1. The van der Waals surface area contributed by atoms with Crippen molar-refractivity contribution in [3.63, 3.8) is 0 Å². The number of amides is 1. The van der Waals surface area contributed by atoms with Crippen LogP contribution in [0, 0.1) is 12.7 Å². The van der Waals surface area contributed by atoms with Gasteiger partial charge >= 0.3 is 0 Å². The van der Waals surface area contributed by atoms with E-state index in [9.17, 15) is 22.7 Å². The van der Waals surface area contributed by atoms with Crippen LogP contribution in [0.25, 0.3) is 0 Å². The van der Waals surface area contributed by atoms with Crippen LogP contribution >= 0.6 is 0 Å². The highest BCUT2D eigenvalue weighted by atomic mass is 32.2. The number of carbonyl (C=O) groups excluding carboxylic acids is 1. The van der Waals surface area contributed by atoms with Crippen LogP contribution in [0.1, 0.15) is 12.0 Å². The van der Waals surface area contributed by atoms with Crippen LogP contribution in [0.5, 0.6) is 0 Å². The predicted molar refractivity (Wildman–Crippen MR) is 73.0 cm³/mol. The van der Waals surface area contributed by atoms with Gasteiger partial charge < -0.3 is 16.6 Å². The Balaban J connectivity index is 2.54. The molecular formula is C12H16FN3O4S. The molecule has 116 valence electrons. The second-order valence-electron chi connectivity index (χ2n) is 5.01. The summed E-state index contributed by atoms with van der Waals surface area (Å²) < 4.78 is 39.7. The van der Waals surface area contributed by atoms with E-state index >= 15 is 0 Å². The third kappa shape index (κ3) is 2.71. The van der Waals surface area contributed by atoms with Gasteiger partial charge in [0.15, 0.2) is 0 Å². The molecule has 0 radical (unpaired) electrons. The van der Waals surface area contributed by atoms with Crippen molar-refractivity contribution in [3.05, 3.63) is 23.5 Å². The molecule has 2 rings (SSSR count). The summed E-state index contributed by atoms with van der Waals surface area (Å²) in [5.41, 5.74) is 10.5. The number of rotatable bonds is 3. The molecule has 1 aliphatic rings. The zero-order valence-corrected chi connectivity index (χ0v) is 12.1. The van der Waals surface area contributed by atoms with Crippen molar-refractivity contribution in [2.45, 2.75) is 30.4 Å². The van der Waals surface area contributed by atoms with Crippen LogP contribution in [0.15, 0.2) is 17.0 Å². The number of β-amino-alcohol motifs (C(OH)–C–C–N with tert-alkyl or cyclic N) is 1. The molecule has 0 aromatic heterocycles. The topological polar surface area (TPSA) is 127 Å². The minimum absolute atomic E-state index is 0.0490. The van der Waals surface area contributed by atoms with E-state index in [2.05, 4.69) is 0 Å². The number of aliphatic hydroxyl groups excluding tert-OH is 1. The minimum atomic E-state index is -4.19. The molecule has 1 aromatic carbocycles. The summed E-state index contributed by atoms with van der Waals surface area (Å²) in [5, 5.41) is 9.59. The van der Waals surface area contributed by atoms with Crippen molar-refractivity contribution < 1.29 is 22.7 Å². The first-order valence-corrected chi connectivity index (χ1v) is 7.63. The molecule has 2 atom stereocenters. The van der Waals surface area contributed by atoms with Gasteiger partial charge in [-0.25, -0.2) is 12.8 Å². The van der Waals surface area contributed by atoms with E-state index in [1.165, 1.54) is 6.92 Å². The Morgan fingerprint density at radius 2 is 2.10 bits per heavy atom. The molecule has 1 aromatic rings. The summed E-state index contributed by atoms with van der Waals surface area (Å²) in [7, 11) is -4.19. The number of aliphatic hydroxyl groups is 1. The molecule has 0 bridgehead atoms. The summed E-state index contributed by atoms with van der Waals surface area (Å²) in [6, 6.07) is 0.976. The number of benzene rings is 1. The van der Waals surface area contributed by atoms with Crippen LogP contribution < -0.4 is 11.5 Å². The molecule has 0 aliphatic carbocycles. The largest absolute Gasteiger partial charge is 0.399 e. The summed E-state index contributed by atoms with van der Waals surface area (Å²) in [6.07, 6.45) is -1.08. The molecular weight excluding hydrogens is 301 g/mol. The summed E-state index contributed by atoms with van der Waals surface area (Å²) in [6.45, 7) is 1.03. The van der Waals surface area contributed by atoms with Gasteiger partial charge in [0.25, 0.3) is 0 Å². The molecule has 21 heavy (non-hydrogen) atoms. The molecule has 5 N–H and O–H groups in total. The molecule has 1 amide bonds. The molecule has 1 aliphatic heterocycles. The Morgan fingerprint density at radius 1 is 1.48 bits per heavy atom. The van der Waals surface area contributed by atoms with Gasteiger partial charge in [0.2, 0.25) is 15.9 Å². The Hall–Kier alpha value is -1.71. The monoisotopic (exact) mass is 317 g/mol. The fourth-order valence-corrected chi connectivity index (χ4v) is 4.29. The SMILES string of the molecule is Cc1c(F)cc(N)cc1S(=O)(=O)N1CC(O)CC1C(N)=O. The first-order valence-electron chi connectivity index (χ1n) is 6.19. The lowest BCUT2D eigenvalue weighted by Crippen LogP contribution is -2.43. The predicted octanol–water partition coefficient (Wildman–Crippen LogP) is -0.674. The molecule has 9 heteroatoms. The van der Waals surface area contributed by atoms with Crippen LogP contribution in [0.3, 0.4) is 0 Å². The van der Waals surface area contributed by atoms with E-state index in [-0.39, 0.29) is 29.1 Å². The lowest BCUT2D eigenvalue weighted by atomic mass is 10.2. The van der Waals surface area contributed by atoms with Gasteiger partial charge in [0, 0.05) is 24.2 Å². The lowest BCUT2D eigenvalue weighted by Gasteiger charge is -2.22. The lowest BCUT2D eigenvalue weighted by molar-refractivity contribution is -0.121. The van der Waals surface area contributed by atoms with Crippen LogP contribution in [0.2, 0.25) is 0 Å². The number of halogens is 1. The van der Waals surface area contributed by atoms with Crippen LogP contribution in [-0.4, -0.2) is 42.4 Å². The first-order chi connectivity index (χ1) is 9.64. The van der Waals surface area contributed by atoms with Gasteiger partial charge in [-0.05, 0) is 19.1 Å². The number of hydrogen-bond donors (Lipinski definition) is 3. The highest BCUT2D eigenvalue weighted by Gasteiger charge is 2.43. The van der Waals surface area contributed by atoms with Crippen LogP contribution in [0.4, 0.5) is 10.1 Å². The number of sulfonamides is 1. The molecule has 0 spiro atoms. The maximum atomic E-state index is 13.7. The van der Waals surface area contributed by atoms with Gasteiger partial charge in [0.1, 0.15) is 11.9 Å². The summed E-state index contributed by atoms with van der Waals surface area (Å²) in [5.74, 6) is -1.62. The quantitative estimate of drug-likeness (QED) is 0.637. The Kier molecular flexibility index (Phi) is 3.91. The molecule has 2 unspecified atom stereocenters. The maximum Gasteiger partial charge on any atom is 0.244 e. The van der Waals surface area contributed by atoms with Gasteiger partial charge in [-0.3, -0.25) is 4.79 Å². The number of anilines is 1. The van der Waals surface area contributed by atoms with Crippen molar-refractivity contribution in [3.8, 4) is 0 Å². The van der Waals surface area contributed by atoms with Gasteiger partial charge in [-0.15, -0.1) is 0 Å². The number of nitrogens with zero attached hydrogens (tertiary/aromatic N) is 1. The van der Waals surface area contributed by atoms with Crippen molar-refractivity contribution in [1.29, 1.82) is 0 Å². The van der Waals surface area contributed by atoms with Crippen molar-refractivity contribution in [2.24, 2.45) is 5.73 Å². The zero-order chi connectivity index (χ0) is 15.9. The number of hydrogen-bond acceptors (Lipinski definition) is 5. The van der Waals surface area contributed by atoms with E-state index in [1.54, 1.807) is 0 Å². The average Bonchev–Trinajstić information content (AvgIpc) is 2.76. The van der Waals surface area contributed by atoms with Crippen LogP contribution in [-0.2, 0) is 14.8 Å². The number of primary amides is 1. The van der Waals surface area contributed by atoms with Crippen molar-refractivity contribution >= 4 is 21.6 Å². The van der Waals surface area contributed by atoms with Crippen molar-refractivity contribution in [2.75, 3.05) is 12.3 Å². The first kappa shape index (κ1) is 15.7. The van der Waals surface area contributed by atoms with Gasteiger partial charge in [0.05, 0.1) is 11.0 Å². The average molecular weight is 317 g/mol. The maximum absolute atomic E-state index is 13.7. The molecule has 1 saturated heterocycles. The summed E-state index contributed by atoms with van der Waals surface area (Å²) >= 11 is 0. The molecule has 1 fully saturated rings. The van der Waals surface area contributed by atoms with Crippen molar-refractivity contribution in [1.82, 2.24) is 4.31 Å². The van der Waals surface area contributed by atoms with E-state index in [0.717, 1.165) is 16.4 Å². The third-order valence-corrected chi connectivity index (χ3v) is 5.47.